The van der Waals surface area contributed by atoms with E-state index in [0.717, 1.165) is 4.90 Å². The molecule has 2 aromatic carbocycles. The van der Waals surface area contributed by atoms with Gasteiger partial charge in [0.2, 0.25) is 0 Å². The summed E-state index contributed by atoms with van der Waals surface area (Å²) in [6, 6.07) is 9.76. The average Bonchev–Trinajstić information content (AvgIpc) is 2.43. The Morgan fingerprint density at radius 1 is 1.15 bits per heavy atom. The molecule has 0 atom stereocenters. The third-order valence-electron chi connectivity index (χ3n) is 2.47. The molecule has 0 aliphatic carbocycles. The molecule has 0 aliphatic rings. The third-order valence-corrected chi connectivity index (χ3v) is 3.78. The summed E-state index contributed by atoms with van der Waals surface area (Å²) in [5.41, 5.74) is -0.176. The van der Waals surface area contributed by atoms with E-state index in [0.29, 0.717) is 5.75 Å². The summed E-state index contributed by atoms with van der Waals surface area (Å²) in [7, 11) is 0. The van der Waals surface area contributed by atoms with Crippen LogP contribution in [0.1, 0.15) is 0 Å². The molecule has 104 valence electrons. The van der Waals surface area contributed by atoms with Crippen molar-refractivity contribution in [3.8, 4) is 11.5 Å². The fraction of sp³-hybridized carbons (Fsp3) is 0.0769. The van der Waals surface area contributed by atoms with Gasteiger partial charge in [-0.1, -0.05) is 23.2 Å². The van der Waals surface area contributed by atoms with Crippen molar-refractivity contribution in [3.63, 3.8) is 0 Å². The molecule has 20 heavy (non-hydrogen) atoms. The minimum absolute atomic E-state index is 0.0955. The fourth-order valence-electron chi connectivity index (χ4n) is 1.51. The van der Waals surface area contributed by atoms with Gasteiger partial charge in [0.05, 0.1) is 15.0 Å². The van der Waals surface area contributed by atoms with Crippen LogP contribution in [0.2, 0.25) is 10.0 Å². The molecule has 0 aliphatic heterocycles. The molecule has 0 saturated heterocycles. The van der Waals surface area contributed by atoms with Gasteiger partial charge in [-0.25, -0.2) is 0 Å². The van der Waals surface area contributed by atoms with Gasteiger partial charge in [0.15, 0.2) is 5.75 Å². The van der Waals surface area contributed by atoms with Crippen molar-refractivity contribution in [2.24, 2.45) is 0 Å². The van der Waals surface area contributed by atoms with Crippen molar-refractivity contribution in [2.75, 3.05) is 6.26 Å². The van der Waals surface area contributed by atoms with Crippen LogP contribution in [-0.2, 0) is 0 Å². The Morgan fingerprint density at radius 2 is 1.70 bits per heavy atom. The lowest BCUT2D eigenvalue weighted by Gasteiger charge is -2.09. The van der Waals surface area contributed by atoms with E-state index in [9.17, 15) is 10.1 Å². The molecule has 2 rings (SSSR count). The summed E-state index contributed by atoms with van der Waals surface area (Å²) < 4.78 is 5.58. The zero-order valence-corrected chi connectivity index (χ0v) is 12.6. The molecule has 2 aromatic rings. The predicted octanol–water partition coefficient (Wildman–Crippen LogP) is 5.42. The molecule has 0 fully saturated rings. The predicted molar refractivity (Wildman–Crippen MR) is 81.4 cm³/mol. The highest BCUT2D eigenvalue weighted by Crippen LogP contribution is 2.39. The number of benzene rings is 2. The van der Waals surface area contributed by atoms with Crippen molar-refractivity contribution in [2.45, 2.75) is 4.90 Å². The molecule has 0 aromatic heterocycles. The number of halogens is 2. The van der Waals surface area contributed by atoms with Gasteiger partial charge in [0.25, 0.3) is 5.69 Å². The number of hydrogen-bond acceptors (Lipinski definition) is 4. The van der Waals surface area contributed by atoms with Crippen LogP contribution in [0.5, 0.6) is 11.5 Å². The average molecular weight is 330 g/mol. The zero-order valence-electron chi connectivity index (χ0n) is 10.3. The van der Waals surface area contributed by atoms with Crippen LogP contribution in [0, 0.1) is 10.1 Å². The van der Waals surface area contributed by atoms with Gasteiger partial charge in [-0.15, -0.1) is 11.8 Å². The molecule has 0 N–H and O–H groups in total. The summed E-state index contributed by atoms with van der Waals surface area (Å²) in [6.45, 7) is 0. The van der Waals surface area contributed by atoms with Gasteiger partial charge in [0.1, 0.15) is 5.75 Å². The van der Waals surface area contributed by atoms with Crippen LogP contribution in [-0.4, -0.2) is 11.2 Å². The van der Waals surface area contributed by atoms with E-state index < -0.39 is 4.92 Å². The van der Waals surface area contributed by atoms with Gasteiger partial charge >= 0.3 is 0 Å². The highest BCUT2D eigenvalue weighted by atomic mass is 35.5. The lowest BCUT2D eigenvalue weighted by molar-refractivity contribution is -0.384. The van der Waals surface area contributed by atoms with Gasteiger partial charge in [-0.2, -0.15) is 0 Å². The topological polar surface area (TPSA) is 52.4 Å². The molecule has 0 bridgehead atoms. The van der Waals surface area contributed by atoms with E-state index in [1.807, 2.05) is 18.4 Å². The van der Waals surface area contributed by atoms with Crippen molar-refractivity contribution >= 4 is 40.7 Å². The van der Waals surface area contributed by atoms with Crippen LogP contribution in [0.15, 0.2) is 41.3 Å². The lowest BCUT2D eigenvalue weighted by Crippen LogP contribution is -1.91. The Hall–Kier alpha value is -1.43. The second-order valence-corrected chi connectivity index (χ2v) is 5.47. The number of hydrogen-bond donors (Lipinski definition) is 0. The Balaban J connectivity index is 2.30. The first-order valence-electron chi connectivity index (χ1n) is 5.46. The quantitative estimate of drug-likeness (QED) is 0.427. The largest absolute Gasteiger partial charge is 0.454 e. The minimum atomic E-state index is -0.561. The van der Waals surface area contributed by atoms with Gasteiger partial charge < -0.3 is 4.74 Å². The van der Waals surface area contributed by atoms with Crippen molar-refractivity contribution in [1.82, 2.24) is 0 Å². The van der Waals surface area contributed by atoms with E-state index in [1.54, 1.807) is 23.9 Å². The van der Waals surface area contributed by atoms with Crippen molar-refractivity contribution in [3.05, 3.63) is 56.6 Å². The van der Waals surface area contributed by atoms with E-state index in [1.165, 1.54) is 12.1 Å². The second kappa shape index (κ2) is 6.35. The number of nitro groups is 1. The molecule has 7 heteroatoms. The molecule has 0 heterocycles. The second-order valence-electron chi connectivity index (χ2n) is 3.77. The Labute approximate surface area is 129 Å². The first kappa shape index (κ1) is 15.0. The van der Waals surface area contributed by atoms with Crippen molar-refractivity contribution < 1.29 is 9.66 Å². The maximum atomic E-state index is 10.7. The summed E-state index contributed by atoms with van der Waals surface area (Å²) >= 11 is 13.6. The van der Waals surface area contributed by atoms with Gasteiger partial charge in [0, 0.05) is 17.0 Å². The summed E-state index contributed by atoms with van der Waals surface area (Å²) in [4.78, 5) is 11.2. The van der Waals surface area contributed by atoms with E-state index in [-0.39, 0.29) is 21.5 Å². The number of thioether (sulfide) groups is 1. The lowest BCUT2D eigenvalue weighted by atomic mass is 10.3. The Bertz CT molecular complexity index is 624. The van der Waals surface area contributed by atoms with Crippen LogP contribution in [0.25, 0.3) is 0 Å². The van der Waals surface area contributed by atoms with Gasteiger partial charge in [-0.3, -0.25) is 10.1 Å². The van der Waals surface area contributed by atoms with Gasteiger partial charge in [-0.05, 0) is 30.5 Å². The first-order valence-corrected chi connectivity index (χ1v) is 7.44. The molecule has 0 amide bonds. The zero-order chi connectivity index (χ0) is 14.7. The third kappa shape index (κ3) is 3.36. The molecule has 4 nitrogen and oxygen atoms in total. The summed E-state index contributed by atoms with van der Waals surface area (Å²) in [5, 5.41) is 10.9. The van der Waals surface area contributed by atoms with Crippen LogP contribution in [0.3, 0.4) is 0 Å². The van der Waals surface area contributed by atoms with Crippen LogP contribution < -0.4 is 4.74 Å². The van der Waals surface area contributed by atoms with E-state index in [2.05, 4.69) is 0 Å². The van der Waals surface area contributed by atoms with E-state index in [4.69, 9.17) is 27.9 Å². The minimum Gasteiger partial charge on any atom is -0.454 e. The number of ether oxygens (including phenoxy) is 1. The number of non-ortho nitro benzene ring substituents is 1. The monoisotopic (exact) mass is 329 g/mol. The molecule has 0 unspecified atom stereocenters. The Morgan fingerprint density at radius 3 is 2.15 bits per heavy atom. The molecular formula is C13H9Cl2NO3S. The van der Waals surface area contributed by atoms with Crippen LogP contribution in [0.4, 0.5) is 5.69 Å². The first-order chi connectivity index (χ1) is 9.51. The van der Waals surface area contributed by atoms with Crippen molar-refractivity contribution in [1.29, 1.82) is 0 Å². The highest BCUT2D eigenvalue weighted by molar-refractivity contribution is 7.98. The normalized spacial score (nSPS) is 10.3. The number of rotatable bonds is 4. The van der Waals surface area contributed by atoms with Crippen LogP contribution >= 0.6 is 35.0 Å². The molecule has 0 radical (unpaired) electrons. The molecule has 0 spiro atoms. The SMILES string of the molecule is CSc1ccc(Oc2c(Cl)cc([N+](=O)[O-])cc2Cl)cc1. The van der Waals surface area contributed by atoms with E-state index >= 15 is 0 Å². The highest BCUT2D eigenvalue weighted by Gasteiger charge is 2.16. The Kier molecular flexibility index (Phi) is 4.75. The maximum absolute atomic E-state index is 10.7. The summed E-state index contributed by atoms with van der Waals surface area (Å²) in [6.07, 6.45) is 1.97. The number of nitrogens with zero attached hydrogens (tertiary/aromatic N) is 1. The smallest absolute Gasteiger partial charge is 0.272 e. The number of nitro benzene ring substituents is 1. The standard InChI is InChI=1S/C13H9Cl2NO3S/c1-20-10-4-2-9(3-5-10)19-13-11(14)6-8(16(17)18)7-12(13)15/h2-7H,1H3. The fourth-order valence-corrected chi connectivity index (χ4v) is 2.47. The molecular weight excluding hydrogens is 321 g/mol. The molecule has 0 saturated carbocycles. The summed E-state index contributed by atoms with van der Waals surface area (Å²) in [5.74, 6) is 0.760. The maximum Gasteiger partial charge on any atom is 0.272 e.